The molecule has 2 N–H and O–H groups in total. The van der Waals surface area contributed by atoms with Gasteiger partial charge in [0, 0.05) is 12.6 Å². The topological polar surface area (TPSA) is 86.7 Å². The number of hydrogen-bond acceptors (Lipinski definition) is 3. The first-order chi connectivity index (χ1) is 8.00. The number of allylic oxidation sites excluding steroid dienone is 1. The molecule has 2 rings (SSSR count). The second kappa shape index (κ2) is 4.20. The first kappa shape index (κ1) is 11.6. The zero-order chi connectivity index (χ0) is 12.6. The second-order valence-corrected chi connectivity index (χ2v) is 4.29. The summed E-state index contributed by atoms with van der Waals surface area (Å²) >= 11 is 0. The van der Waals surface area contributed by atoms with Gasteiger partial charge in [-0.05, 0) is 19.3 Å². The number of rotatable bonds is 2. The summed E-state index contributed by atoms with van der Waals surface area (Å²) in [5, 5.41) is 11.6. The lowest BCUT2D eigenvalue weighted by molar-refractivity contribution is -0.148. The highest BCUT2D eigenvalue weighted by Crippen LogP contribution is 2.32. The fourth-order valence-electron chi connectivity index (χ4n) is 2.35. The van der Waals surface area contributed by atoms with Crippen molar-refractivity contribution in [2.24, 2.45) is 0 Å². The summed E-state index contributed by atoms with van der Waals surface area (Å²) in [5.41, 5.74) is 0.768. The fourth-order valence-corrected chi connectivity index (χ4v) is 2.35. The third kappa shape index (κ3) is 2.02. The molecule has 2 amide bonds. The highest BCUT2D eigenvalue weighted by Gasteiger charge is 2.42. The Morgan fingerprint density at radius 1 is 1.53 bits per heavy atom. The maximum absolute atomic E-state index is 12.1. The van der Waals surface area contributed by atoms with Crippen LogP contribution in [0.25, 0.3) is 0 Å². The third-order valence-corrected chi connectivity index (χ3v) is 3.08. The number of carbonyl (C=O) groups excluding carboxylic acids is 2. The van der Waals surface area contributed by atoms with Gasteiger partial charge in [-0.25, -0.2) is 4.79 Å². The van der Waals surface area contributed by atoms with E-state index in [9.17, 15) is 14.4 Å². The van der Waals surface area contributed by atoms with Crippen LogP contribution in [0.2, 0.25) is 0 Å². The van der Waals surface area contributed by atoms with Crippen LogP contribution in [0.4, 0.5) is 0 Å². The predicted octanol–water partition coefficient (Wildman–Crippen LogP) is -0.146. The molecule has 0 saturated carbocycles. The van der Waals surface area contributed by atoms with Crippen molar-refractivity contribution in [1.82, 2.24) is 10.2 Å². The molecular formula is C11H14N2O4. The van der Waals surface area contributed by atoms with Crippen molar-refractivity contribution in [3.63, 3.8) is 0 Å². The molecule has 2 aliphatic rings. The first-order valence-corrected chi connectivity index (χ1v) is 5.52. The Kier molecular flexibility index (Phi) is 2.87. The molecule has 6 nitrogen and oxygen atoms in total. The Balaban J connectivity index is 2.21. The van der Waals surface area contributed by atoms with Crippen molar-refractivity contribution < 1.29 is 19.5 Å². The maximum atomic E-state index is 12.1. The summed E-state index contributed by atoms with van der Waals surface area (Å²) in [6.07, 6.45) is 3.33. The molecule has 2 atom stereocenters. The van der Waals surface area contributed by atoms with Crippen LogP contribution in [0.15, 0.2) is 11.8 Å². The molecule has 1 saturated heterocycles. The average Bonchev–Trinajstić information content (AvgIpc) is 2.66. The number of nitrogens with zero attached hydrogens (tertiary/aromatic N) is 1. The quantitative estimate of drug-likeness (QED) is 0.700. The van der Waals surface area contributed by atoms with Crippen LogP contribution in [0.5, 0.6) is 0 Å². The Bertz CT molecular complexity index is 416. The van der Waals surface area contributed by atoms with Gasteiger partial charge < -0.3 is 15.3 Å². The van der Waals surface area contributed by atoms with Crippen molar-refractivity contribution in [1.29, 1.82) is 0 Å². The largest absolute Gasteiger partial charge is 0.480 e. The van der Waals surface area contributed by atoms with Crippen LogP contribution >= 0.6 is 0 Å². The molecule has 1 fully saturated rings. The van der Waals surface area contributed by atoms with Gasteiger partial charge in [-0.1, -0.05) is 6.08 Å². The highest BCUT2D eigenvalue weighted by molar-refractivity contribution is 5.92. The zero-order valence-corrected chi connectivity index (χ0v) is 9.47. The molecule has 0 radical (unpaired) electrons. The van der Waals surface area contributed by atoms with E-state index in [2.05, 4.69) is 5.32 Å². The van der Waals surface area contributed by atoms with Crippen LogP contribution in [0.3, 0.4) is 0 Å². The van der Waals surface area contributed by atoms with Crippen molar-refractivity contribution in [2.75, 3.05) is 0 Å². The maximum Gasteiger partial charge on any atom is 0.326 e. The zero-order valence-electron chi connectivity index (χ0n) is 9.47. The van der Waals surface area contributed by atoms with Gasteiger partial charge in [0.25, 0.3) is 0 Å². The van der Waals surface area contributed by atoms with E-state index in [1.54, 1.807) is 0 Å². The molecule has 2 unspecified atom stereocenters. The van der Waals surface area contributed by atoms with Gasteiger partial charge in [-0.15, -0.1) is 0 Å². The molecule has 0 aromatic heterocycles. The van der Waals surface area contributed by atoms with Crippen molar-refractivity contribution in [3.05, 3.63) is 11.8 Å². The summed E-state index contributed by atoms with van der Waals surface area (Å²) < 4.78 is 0. The molecule has 92 valence electrons. The number of nitrogens with one attached hydrogen (secondary N) is 1. The summed E-state index contributed by atoms with van der Waals surface area (Å²) in [5.74, 6) is -1.60. The minimum absolute atomic E-state index is 0.286. The van der Waals surface area contributed by atoms with E-state index in [1.807, 2.05) is 6.08 Å². The highest BCUT2D eigenvalue weighted by atomic mass is 16.4. The van der Waals surface area contributed by atoms with E-state index in [1.165, 1.54) is 11.8 Å². The van der Waals surface area contributed by atoms with E-state index in [0.29, 0.717) is 19.3 Å². The summed E-state index contributed by atoms with van der Waals surface area (Å²) in [4.78, 5) is 35.3. The number of carboxylic acid groups (broad SMARTS) is 1. The standard InChI is InChI=1S/C11H14N2O4/c1-6(14)12-8-4-2-7-3-5-9(11(16)17)13(7)10(8)15/h2,8-9H,3-5H2,1H3,(H,12,14)(H,16,17). The van der Waals surface area contributed by atoms with Gasteiger partial charge >= 0.3 is 5.97 Å². The van der Waals surface area contributed by atoms with Crippen LogP contribution in [-0.4, -0.2) is 39.9 Å². The number of amides is 2. The van der Waals surface area contributed by atoms with Gasteiger partial charge in [0.2, 0.25) is 11.8 Å². The molecule has 2 aliphatic heterocycles. The van der Waals surface area contributed by atoms with E-state index in [-0.39, 0.29) is 11.8 Å². The van der Waals surface area contributed by atoms with Crippen LogP contribution in [-0.2, 0) is 14.4 Å². The Morgan fingerprint density at radius 2 is 2.24 bits per heavy atom. The van der Waals surface area contributed by atoms with Crippen molar-refractivity contribution >= 4 is 17.8 Å². The third-order valence-electron chi connectivity index (χ3n) is 3.08. The Hall–Kier alpha value is -1.85. The van der Waals surface area contributed by atoms with Crippen LogP contribution in [0, 0.1) is 0 Å². The smallest absolute Gasteiger partial charge is 0.326 e. The molecule has 17 heavy (non-hydrogen) atoms. The molecule has 6 heteroatoms. The lowest BCUT2D eigenvalue weighted by Gasteiger charge is -2.31. The average molecular weight is 238 g/mol. The summed E-state index contributed by atoms with van der Waals surface area (Å²) in [7, 11) is 0. The lowest BCUT2D eigenvalue weighted by Crippen LogP contribution is -2.52. The van der Waals surface area contributed by atoms with Gasteiger partial charge in [0.05, 0.1) is 0 Å². The minimum atomic E-state index is -0.995. The number of carbonyl (C=O) groups is 3. The molecular weight excluding hydrogens is 224 g/mol. The number of carboxylic acids is 1. The monoisotopic (exact) mass is 238 g/mol. The second-order valence-electron chi connectivity index (χ2n) is 4.29. The number of hydrogen-bond donors (Lipinski definition) is 2. The first-order valence-electron chi connectivity index (χ1n) is 5.52. The van der Waals surface area contributed by atoms with E-state index in [4.69, 9.17) is 5.11 Å². The summed E-state index contributed by atoms with van der Waals surface area (Å²) in [6, 6.07) is -1.42. The molecule has 0 aromatic rings. The van der Waals surface area contributed by atoms with Crippen molar-refractivity contribution in [3.8, 4) is 0 Å². The van der Waals surface area contributed by atoms with Crippen molar-refractivity contribution in [2.45, 2.75) is 38.3 Å². The Morgan fingerprint density at radius 3 is 2.82 bits per heavy atom. The fraction of sp³-hybridized carbons (Fsp3) is 0.545. The number of aliphatic carboxylic acids is 1. The summed E-state index contributed by atoms with van der Waals surface area (Å²) in [6.45, 7) is 1.34. The molecule has 0 spiro atoms. The van der Waals surface area contributed by atoms with Gasteiger partial charge in [-0.3, -0.25) is 9.59 Å². The number of fused-ring (bicyclic) bond motifs is 1. The van der Waals surface area contributed by atoms with E-state index in [0.717, 1.165) is 5.70 Å². The minimum Gasteiger partial charge on any atom is -0.480 e. The SMILES string of the molecule is CC(=O)NC1CC=C2CCC(C(=O)O)N2C1=O. The van der Waals surface area contributed by atoms with Crippen LogP contribution in [0.1, 0.15) is 26.2 Å². The predicted molar refractivity (Wildman–Crippen MR) is 57.8 cm³/mol. The molecule has 2 heterocycles. The Labute approximate surface area is 98.3 Å². The normalized spacial score (nSPS) is 27.5. The van der Waals surface area contributed by atoms with E-state index >= 15 is 0 Å². The lowest BCUT2D eigenvalue weighted by atomic mass is 10.1. The molecule has 0 bridgehead atoms. The van der Waals surface area contributed by atoms with E-state index < -0.39 is 18.1 Å². The molecule has 0 aromatic carbocycles. The van der Waals surface area contributed by atoms with Gasteiger partial charge in [0.15, 0.2) is 0 Å². The van der Waals surface area contributed by atoms with Gasteiger partial charge in [0.1, 0.15) is 12.1 Å². The van der Waals surface area contributed by atoms with Gasteiger partial charge in [-0.2, -0.15) is 0 Å². The molecule has 0 aliphatic carbocycles. The van der Waals surface area contributed by atoms with Crippen LogP contribution < -0.4 is 5.32 Å².